The quantitative estimate of drug-likeness (QED) is 0.792. The molecule has 2 aromatic carbocycles. The fourth-order valence-electron chi connectivity index (χ4n) is 2.16. The molecule has 2 rings (SSSR count). The lowest BCUT2D eigenvalue weighted by atomic mass is 10.2. The maximum absolute atomic E-state index is 13.5. The Kier molecular flexibility index (Phi) is 6.48. The number of rotatable bonds is 7. The number of carbonyl (C=O) groups is 2. The van der Waals surface area contributed by atoms with E-state index in [1.54, 1.807) is 18.2 Å². The molecule has 8 heteroatoms. The van der Waals surface area contributed by atoms with Crippen LogP contribution in [-0.4, -0.2) is 32.6 Å². The first kappa shape index (κ1) is 19.2. The number of amides is 2. The molecule has 0 saturated heterocycles. The fraction of sp³-hybridized carbons (Fsp3) is 0.222. The highest BCUT2D eigenvalue weighted by Crippen LogP contribution is 2.25. The van der Waals surface area contributed by atoms with Crippen LogP contribution in [0.3, 0.4) is 0 Å². The van der Waals surface area contributed by atoms with Crippen LogP contribution in [0.5, 0.6) is 11.5 Å². The Bertz CT molecular complexity index is 790. The number of halogens is 2. The second kappa shape index (κ2) is 8.80. The van der Waals surface area contributed by atoms with Gasteiger partial charge in [-0.2, -0.15) is 0 Å². The smallest absolute Gasteiger partial charge is 0.254 e. The van der Waals surface area contributed by atoms with Crippen molar-refractivity contribution in [2.45, 2.75) is 6.42 Å². The van der Waals surface area contributed by atoms with Gasteiger partial charge in [-0.1, -0.05) is 0 Å². The molecule has 0 saturated carbocycles. The molecule has 0 bridgehead atoms. The summed E-state index contributed by atoms with van der Waals surface area (Å²) in [6, 6.07) is 7.55. The third kappa shape index (κ3) is 5.17. The fourth-order valence-corrected chi connectivity index (χ4v) is 2.16. The van der Waals surface area contributed by atoms with E-state index in [2.05, 4.69) is 10.6 Å². The molecule has 0 radical (unpaired) electrons. The average Bonchev–Trinajstić information content (AvgIpc) is 2.61. The number of benzene rings is 2. The molecule has 26 heavy (non-hydrogen) atoms. The molecule has 0 spiro atoms. The van der Waals surface area contributed by atoms with Gasteiger partial charge in [0, 0.05) is 42.9 Å². The summed E-state index contributed by atoms with van der Waals surface area (Å²) in [4.78, 5) is 23.8. The van der Waals surface area contributed by atoms with Gasteiger partial charge in [-0.05, 0) is 12.1 Å². The van der Waals surface area contributed by atoms with Crippen LogP contribution in [0.1, 0.15) is 16.8 Å². The average molecular weight is 364 g/mol. The molecule has 0 atom stereocenters. The van der Waals surface area contributed by atoms with Gasteiger partial charge >= 0.3 is 0 Å². The van der Waals surface area contributed by atoms with E-state index >= 15 is 0 Å². The Morgan fingerprint density at radius 3 is 2.23 bits per heavy atom. The van der Waals surface area contributed by atoms with E-state index < -0.39 is 17.5 Å². The Morgan fingerprint density at radius 2 is 1.65 bits per heavy atom. The van der Waals surface area contributed by atoms with Crippen LogP contribution < -0.4 is 20.1 Å². The van der Waals surface area contributed by atoms with Crippen molar-refractivity contribution in [3.05, 3.63) is 53.6 Å². The molecule has 0 aliphatic carbocycles. The Hall–Kier alpha value is -3.16. The lowest BCUT2D eigenvalue weighted by Crippen LogP contribution is -2.28. The molecular weight excluding hydrogens is 346 g/mol. The molecular formula is C18H18F2N2O4. The molecule has 0 aromatic heterocycles. The second-order valence-electron chi connectivity index (χ2n) is 5.28. The van der Waals surface area contributed by atoms with E-state index in [9.17, 15) is 18.4 Å². The summed E-state index contributed by atoms with van der Waals surface area (Å²) in [5.74, 6) is -1.79. The molecule has 0 heterocycles. The normalized spacial score (nSPS) is 10.2. The van der Waals surface area contributed by atoms with Crippen LogP contribution in [-0.2, 0) is 4.79 Å². The second-order valence-corrected chi connectivity index (χ2v) is 5.28. The molecule has 2 amide bonds. The molecule has 0 aliphatic heterocycles. The maximum Gasteiger partial charge on any atom is 0.254 e. The van der Waals surface area contributed by atoms with E-state index in [4.69, 9.17) is 9.47 Å². The van der Waals surface area contributed by atoms with Crippen molar-refractivity contribution in [3.63, 3.8) is 0 Å². The standard InChI is InChI=1S/C18H18F2N2O4/c1-25-13-8-12(9-14(10-13)26-2)22-17(23)5-6-21-18(24)15-4-3-11(19)7-16(15)20/h3-4,7-10H,5-6H2,1-2H3,(H,21,24)(H,22,23). The van der Waals surface area contributed by atoms with Gasteiger partial charge in [0.05, 0.1) is 19.8 Å². The zero-order valence-electron chi connectivity index (χ0n) is 14.3. The third-order valence-corrected chi connectivity index (χ3v) is 3.45. The summed E-state index contributed by atoms with van der Waals surface area (Å²) < 4.78 is 36.6. The predicted molar refractivity (Wildman–Crippen MR) is 91.5 cm³/mol. The summed E-state index contributed by atoms with van der Waals surface area (Å²) >= 11 is 0. The van der Waals surface area contributed by atoms with Crippen molar-refractivity contribution >= 4 is 17.5 Å². The molecule has 138 valence electrons. The lowest BCUT2D eigenvalue weighted by Gasteiger charge is -2.10. The maximum atomic E-state index is 13.5. The van der Waals surface area contributed by atoms with Crippen LogP contribution in [0.4, 0.5) is 14.5 Å². The van der Waals surface area contributed by atoms with E-state index in [-0.39, 0.29) is 24.4 Å². The predicted octanol–water partition coefficient (Wildman–Crippen LogP) is 2.74. The highest BCUT2D eigenvalue weighted by Gasteiger charge is 2.13. The van der Waals surface area contributed by atoms with Crippen molar-refractivity contribution < 1.29 is 27.8 Å². The lowest BCUT2D eigenvalue weighted by molar-refractivity contribution is -0.116. The Balaban J connectivity index is 1.88. The van der Waals surface area contributed by atoms with Gasteiger partial charge in [0.25, 0.3) is 5.91 Å². The monoisotopic (exact) mass is 364 g/mol. The largest absolute Gasteiger partial charge is 0.497 e. The van der Waals surface area contributed by atoms with Crippen LogP contribution in [0.25, 0.3) is 0 Å². The molecule has 0 aliphatic rings. The summed E-state index contributed by atoms with van der Waals surface area (Å²) in [7, 11) is 2.98. The third-order valence-electron chi connectivity index (χ3n) is 3.45. The van der Waals surface area contributed by atoms with Crippen LogP contribution >= 0.6 is 0 Å². The summed E-state index contributed by atoms with van der Waals surface area (Å²) in [5, 5.41) is 5.06. The highest BCUT2D eigenvalue weighted by molar-refractivity contribution is 5.95. The SMILES string of the molecule is COc1cc(NC(=O)CCNC(=O)c2ccc(F)cc2F)cc(OC)c1. The zero-order valence-corrected chi connectivity index (χ0v) is 14.3. The van der Waals surface area contributed by atoms with Gasteiger partial charge in [0.15, 0.2) is 0 Å². The van der Waals surface area contributed by atoms with Gasteiger partial charge in [-0.3, -0.25) is 9.59 Å². The number of hydrogen-bond donors (Lipinski definition) is 2. The summed E-state index contributed by atoms with van der Waals surface area (Å²) in [5.41, 5.74) is 0.187. The summed E-state index contributed by atoms with van der Waals surface area (Å²) in [6.07, 6.45) is -0.0337. The number of hydrogen-bond acceptors (Lipinski definition) is 4. The van der Waals surface area contributed by atoms with E-state index in [0.29, 0.717) is 23.3 Å². The van der Waals surface area contributed by atoms with Gasteiger partial charge in [-0.15, -0.1) is 0 Å². The molecule has 2 aromatic rings. The number of ether oxygens (including phenoxy) is 2. The minimum Gasteiger partial charge on any atom is -0.497 e. The van der Waals surface area contributed by atoms with Gasteiger partial charge in [0.2, 0.25) is 5.91 Å². The number of anilines is 1. The van der Waals surface area contributed by atoms with Crippen LogP contribution in [0.2, 0.25) is 0 Å². The van der Waals surface area contributed by atoms with E-state index in [1.165, 1.54) is 14.2 Å². The van der Waals surface area contributed by atoms with Crippen molar-refractivity contribution in [1.29, 1.82) is 0 Å². The van der Waals surface area contributed by atoms with Gasteiger partial charge in [0.1, 0.15) is 23.1 Å². The number of methoxy groups -OCH3 is 2. The number of carbonyl (C=O) groups excluding carboxylic acids is 2. The Labute approximate surface area is 149 Å². The first-order valence-electron chi connectivity index (χ1n) is 7.69. The molecule has 0 fully saturated rings. The molecule has 0 unspecified atom stereocenters. The molecule has 6 nitrogen and oxygen atoms in total. The minimum absolute atomic E-state index is 0.0113. The summed E-state index contributed by atoms with van der Waals surface area (Å²) in [6.45, 7) is -0.0113. The van der Waals surface area contributed by atoms with E-state index in [1.807, 2.05) is 0 Å². The van der Waals surface area contributed by atoms with Crippen LogP contribution in [0, 0.1) is 11.6 Å². The van der Waals surface area contributed by atoms with Crippen molar-refractivity contribution in [2.24, 2.45) is 0 Å². The molecule has 2 N–H and O–H groups in total. The van der Waals surface area contributed by atoms with Gasteiger partial charge < -0.3 is 20.1 Å². The van der Waals surface area contributed by atoms with Gasteiger partial charge in [-0.25, -0.2) is 8.78 Å². The van der Waals surface area contributed by atoms with Crippen molar-refractivity contribution in [2.75, 3.05) is 26.1 Å². The zero-order chi connectivity index (χ0) is 19.1. The minimum atomic E-state index is -0.963. The topological polar surface area (TPSA) is 76.7 Å². The van der Waals surface area contributed by atoms with Crippen molar-refractivity contribution in [3.8, 4) is 11.5 Å². The Morgan fingerprint density at radius 1 is 1.00 bits per heavy atom. The van der Waals surface area contributed by atoms with Crippen molar-refractivity contribution in [1.82, 2.24) is 5.32 Å². The van der Waals surface area contributed by atoms with Crippen LogP contribution in [0.15, 0.2) is 36.4 Å². The first-order chi connectivity index (χ1) is 12.4. The highest BCUT2D eigenvalue weighted by atomic mass is 19.1. The van der Waals surface area contributed by atoms with E-state index in [0.717, 1.165) is 12.1 Å². The first-order valence-corrected chi connectivity index (χ1v) is 7.69. The number of nitrogens with one attached hydrogen (secondary N) is 2.